The third-order valence-corrected chi connectivity index (χ3v) is 2.61. The van der Waals surface area contributed by atoms with Crippen molar-refractivity contribution in [3.05, 3.63) is 0 Å². The fraction of sp³-hybridized carbons (Fsp3) is 0.889. The minimum Gasteiger partial charge on any atom is -0.339 e. The van der Waals surface area contributed by atoms with Crippen molar-refractivity contribution in [3.8, 4) is 0 Å². The Labute approximate surface area is 73.9 Å². The van der Waals surface area contributed by atoms with E-state index in [1.165, 1.54) is 6.42 Å². The molecular weight excluding hydrogens is 152 g/mol. The number of nitrogens with zero attached hydrogens (tertiary/aromatic N) is 1. The zero-order valence-electron chi connectivity index (χ0n) is 7.92. The Morgan fingerprint density at radius 2 is 2.17 bits per heavy atom. The Morgan fingerprint density at radius 1 is 1.50 bits per heavy atom. The van der Waals surface area contributed by atoms with Crippen molar-refractivity contribution in [2.24, 2.45) is 11.7 Å². The zero-order valence-corrected chi connectivity index (χ0v) is 7.92. The van der Waals surface area contributed by atoms with E-state index in [0.717, 1.165) is 13.0 Å². The SMILES string of the molecule is CC1CCC(C)N(C(=O)CN)C1. The highest BCUT2D eigenvalue weighted by Crippen LogP contribution is 2.20. The van der Waals surface area contributed by atoms with Crippen molar-refractivity contribution in [2.45, 2.75) is 32.7 Å². The highest BCUT2D eigenvalue weighted by molar-refractivity contribution is 5.78. The summed E-state index contributed by atoms with van der Waals surface area (Å²) < 4.78 is 0. The Balaban J connectivity index is 2.54. The fourth-order valence-electron chi connectivity index (χ4n) is 1.75. The number of carbonyl (C=O) groups is 1. The van der Waals surface area contributed by atoms with Crippen LogP contribution in [0.4, 0.5) is 0 Å². The van der Waals surface area contributed by atoms with Crippen LogP contribution in [0, 0.1) is 5.92 Å². The standard InChI is InChI=1S/C9H18N2O/c1-7-3-4-8(2)11(6-7)9(12)5-10/h7-8H,3-6,10H2,1-2H3. The molecule has 3 heteroatoms. The summed E-state index contributed by atoms with van der Waals surface area (Å²) in [6.45, 7) is 5.32. The molecule has 1 amide bonds. The monoisotopic (exact) mass is 170 g/mol. The number of hydrogen-bond donors (Lipinski definition) is 1. The predicted molar refractivity (Wildman–Crippen MR) is 48.6 cm³/mol. The molecule has 1 aliphatic heterocycles. The van der Waals surface area contributed by atoms with Gasteiger partial charge in [-0.25, -0.2) is 0 Å². The van der Waals surface area contributed by atoms with Crippen LogP contribution in [-0.4, -0.2) is 29.9 Å². The second-order valence-corrected chi connectivity index (χ2v) is 3.78. The molecule has 12 heavy (non-hydrogen) atoms. The maximum absolute atomic E-state index is 11.3. The molecule has 2 unspecified atom stereocenters. The van der Waals surface area contributed by atoms with E-state index in [9.17, 15) is 4.79 Å². The van der Waals surface area contributed by atoms with E-state index < -0.39 is 0 Å². The lowest BCUT2D eigenvalue weighted by atomic mass is 9.95. The van der Waals surface area contributed by atoms with E-state index in [1.54, 1.807) is 0 Å². The molecule has 0 saturated carbocycles. The summed E-state index contributed by atoms with van der Waals surface area (Å²) in [5, 5.41) is 0. The van der Waals surface area contributed by atoms with Gasteiger partial charge in [0.05, 0.1) is 6.54 Å². The Bertz CT molecular complexity index is 170. The molecular formula is C9H18N2O. The van der Waals surface area contributed by atoms with E-state index in [0.29, 0.717) is 12.0 Å². The molecule has 0 bridgehead atoms. The highest BCUT2D eigenvalue weighted by Gasteiger charge is 2.25. The van der Waals surface area contributed by atoms with Crippen LogP contribution in [0.3, 0.4) is 0 Å². The molecule has 0 aliphatic carbocycles. The number of piperidine rings is 1. The number of hydrogen-bond acceptors (Lipinski definition) is 2. The molecule has 70 valence electrons. The molecule has 0 spiro atoms. The maximum Gasteiger partial charge on any atom is 0.236 e. The molecule has 2 atom stereocenters. The average molecular weight is 170 g/mol. The van der Waals surface area contributed by atoms with E-state index in [1.807, 2.05) is 4.90 Å². The van der Waals surface area contributed by atoms with Gasteiger partial charge >= 0.3 is 0 Å². The van der Waals surface area contributed by atoms with Crippen LogP contribution in [-0.2, 0) is 4.79 Å². The van der Waals surface area contributed by atoms with E-state index in [-0.39, 0.29) is 12.5 Å². The molecule has 0 aromatic heterocycles. The van der Waals surface area contributed by atoms with E-state index in [4.69, 9.17) is 5.73 Å². The van der Waals surface area contributed by atoms with Crippen LogP contribution < -0.4 is 5.73 Å². The van der Waals surface area contributed by atoms with Crippen molar-refractivity contribution < 1.29 is 4.79 Å². The summed E-state index contributed by atoms with van der Waals surface area (Å²) in [5.41, 5.74) is 5.32. The summed E-state index contributed by atoms with van der Waals surface area (Å²) in [7, 11) is 0. The van der Waals surface area contributed by atoms with Crippen LogP contribution in [0.25, 0.3) is 0 Å². The van der Waals surface area contributed by atoms with E-state index in [2.05, 4.69) is 13.8 Å². The molecule has 0 aromatic rings. The van der Waals surface area contributed by atoms with Crippen LogP contribution in [0.2, 0.25) is 0 Å². The molecule has 1 heterocycles. The summed E-state index contributed by atoms with van der Waals surface area (Å²) in [5.74, 6) is 0.728. The van der Waals surface area contributed by atoms with Gasteiger partial charge in [-0.05, 0) is 25.7 Å². The number of rotatable bonds is 1. The summed E-state index contributed by atoms with van der Waals surface area (Å²) in [4.78, 5) is 13.2. The first kappa shape index (κ1) is 9.52. The van der Waals surface area contributed by atoms with Gasteiger partial charge in [-0.2, -0.15) is 0 Å². The fourth-order valence-corrected chi connectivity index (χ4v) is 1.75. The van der Waals surface area contributed by atoms with Crippen LogP contribution >= 0.6 is 0 Å². The van der Waals surface area contributed by atoms with Gasteiger partial charge in [0, 0.05) is 12.6 Å². The second kappa shape index (κ2) is 3.90. The lowest BCUT2D eigenvalue weighted by Gasteiger charge is -2.36. The largest absolute Gasteiger partial charge is 0.339 e. The van der Waals surface area contributed by atoms with Crippen molar-refractivity contribution >= 4 is 5.91 Å². The van der Waals surface area contributed by atoms with Crippen LogP contribution in [0.15, 0.2) is 0 Å². The first-order valence-corrected chi connectivity index (χ1v) is 4.64. The third kappa shape index (κ3) is 1.97. The predicted octanol–water partition coefficient (Wildman–Crippen LogP) is 0.592. The van der Waals surface area contributed by atoms with Gasteiger partial charge in [0.1, 0.15) is 0 Å². The first-order chi connectivity index (χ1) is 5.65. The minimum absolute atomic E-state index is 0.0917. The topological polar surface area (TPSA) is 46.3 Å². The highest BCUT2D eigenvalue weighted by atomic mass is 16.2. The first-order valence-electron chi connectivity index (χ1n) is 4.64. The molecule has 0 aromatic carbocycles. The van der Waals surface area contributed by atoms with Crippen molar-refractivity contribution in [1.82, 2.24) is 4.90 Å². The zero-order chi connectivity index (χ0) is 9.14. The number of likely N-dealkylation sites (tertiary alicyclic amines) is 1. The van der Waals surface area contributed by atoms with Gasteiger partial charge < -0.3 is 10.6 Å². The quantitative estimate of drug-likeness (QED) is 0.626. The van der Waals surface area contributed by atoms with Gasteiger partial charge in [-0.3, -0.25) is 4.79 Å². The van der Waals surface area contributed by atoms with Gasteiger partial charge in [0.15, 0.2) is 0 Å². The summed E-state index contributed by atoms with van der Waals surface area (Å²) in [6, 6.07) is 0.386. The summed E-state index contributed by atoms with van der Waals surface area (Å²) >= 11 is 0. The normalized spacial score (nSPS) is 30.4. The summed E-state index contributed by atoms with van der Waals surface area (Å²) in [6.07, 6.45) is 2.35. The number of amides is 1. The average Bonchev–Trinajstić information content (AvgIpc) is 2.08. The smallest absolute Gasteiger partial charge is 0.236 e. The lowest BCUT2D eigenvalue weighted by molar-refractivity contribution is -0.133. The van der Waals surface area contributed by atoms with Gasteiger partial charge in [-0.1, -0.05) is 6.92 Å². The van der Waals surface area contributed by atoms with Gasteiger partial charge in [0.2, 0.25) is 5.91 Å². The molecule has 1 rings (SSSR count). The second-order valence-electron chi connectivity index (χ2n) is 3.78. The number of carbonyl (C=O) groups excluding carboxylic acids is 1. The molecule has 1 aliphatic rings. The molecule has 0 radical (unpaired) electrons. The van der Waals surface area contributed by atoms with Gasteiger partial charge in [-0.15, -0.1) is 0 Å². The Kier molecular flexibility index (Phi) is 3.09. The van der Waals surface area contributed by atoms with E-state index >= 15 is 0 Å². The Hall–Kier alpha value is -0.570. The number of nitrogens with two attached hydrogens (primary N) is 1. The Morgan fingerprint density at radius 3 is 2.75 bits per heavy atom. The van der Waals surface area contributed by atoms with Crippen LogP contribution in [0.1, 0.15) is 26.7 Å². The molecule has 1 saturated heterocycles. The van der Waals surface area contributed by atoms with Crippen LogP contribution in [0.5, 0.6) is 0 Å². The molecule has 1 fully saturated rings. The lowest BCUT2D eigenvalue weighted by Crippen LogP contribution is -2.47. The third-order valence-electron chi connectivity index (χ3n) is 2.61. The molecule has 2 N–H and O–H groups in total. The minimum atomic E-state index is 0.0917. The van der Waals surface area contributed by atoms with Gasteiger partial charge in [0.25, 0.3) is 0 Å². The maximum atomic E-state index is 11.3. The van der Waals surface area contributed by atoms with Crippen molar-refractivity contribution in [3.63, 3.8) is 0 Å². The van der Waals surface area contributed by atoms with Crippen molar-refractivity contribution in [2.75, 3.05) is 13.1 Å². The van der Waals surface area contributed by atoms with Crippen molar-refractivity contribution in [1.29, 1.82) is 0 Å². The molecule has 3 nitrogen and oxygen atoms in total.